The van der Waals surface area contributed by atoms with Gasteiger partial charge in [0.15, 0.2) is 0 Å². The Morgan fingerprint density at radius 2 is 1.56 bits per heavy atom. The first-order chi connectivity index (χ1) is 22.6. The smallest absolute Gasteiger partial charge is 0.408 e. The fourth-order valence-corrected chi connectivity index (χ4v) is 7.06. The molecule has 11 nitrogen and oxygen atoms in total. The van der Waals surface area contributed by atoms with Crippen LogP contribution in [0.4, 0.5) is 4.79 Å². The Hall–Kier alpha value is -4.26. The van der Waals surface area contributed by atoms with Crippen molar-refractivity contribution in [2.75, 3.05) is 13.1 Å². The molecule has 4 rings (SSSR count). The number of carbonyl (C=O) groups is 2. The van der Waals surface area contributed by atoms with Crippen molar-refractivity contribution in [3.8, 4) is 0 Å². The number of aryl methyl sites for hydroxylation is 1. The first-order valence-corrected chi connectivity index (χ1v) is 17.5. The van der Waals surface area contributed by atoms with Crippen molar-refractivity contribution in [3.63, 3.8) is 0 Å². The van der Waals surface area contributed by atoms with E-state index in [1.165, 1.54) is 10.4 Å². The van der Waals surface area contributed by atoms with Gasteiger partial charge >= 0.3 is 6.09 Å². The second kappa shape index (κ2) is 15.8. The minimum absolute atomic E-state index is 0.0353. The van der Waals surface area contributed by atoms with Crippen molar-refractivity contribution in [2.24, 2.45) is 11.3 Å². The zero-order chi connectivity index (χ0) is 35.1. The van der Waals surface area contributed by atoms with Crippen molar-refractivity contribution in [1.29, 1.82) is 0 Å². The van der Waals surface area contributed by atoms with Gasteiger partial charge in [-0.3, -0.25) is 4.79 Å². The number of aromatic nitrogens is 2. The van der Waals surface area contributed by atoms with E-state index in [2.05, 4.69) is 20.6 Å². The van der Waals surface area contributed by atoms with Crippen molar-refractivity contribution in [3.05, 3.63) is 95.8 Å². The summed E-state index contributed by atoms with van der Waals surface area (Å²) in [6.45, 7) is 10.9. The number of H-pyrrole nitrogens is 1. The number of carbonyl (C=O) groups excluding carboxylic acids is 2. The zero-order valence-electron chi connectivity index (χ0n) is 28.4. The van der Waals surface area contributed by atoms with Crippen molar-refractivity contribution in [1.82, 2.24) is 24.9 Å². The Labute approximate surface area is 283 Å². The maximum absolute atomic E-state index is 14.0. The van der Waals surface area contributed by atoms with Crippen LogP contribution in [-0.2, 0) is 32.6 Å². The van der Waals surface area contributed by atoms with Crippen LogP contribution in [-0.4, -0.2) is 71.1 Å². The number of nitrogens with zero attached hydrogens (tertiary/aromatic N) is 2. The Morgan fingerprint density at radius 3 is 2.17 bits per heavy atom. The van der Waals surface area contributed by atoms with E-state index < -0.39 is 45.6 Å². The summed E-state index contributed by atoms with van der Waals surface area (Å²) >= 11 is 0. The number of fused-ring (bicyclic) bond motifs is 1. The topological polar surface area (TPSA) is 154 Å². The minimum Gasteiger partial charge on any atom is -0.445 e. The summed E-state index contributed by atoms with van der Waals surface area (Å²) in [6.07, 6.45) is -1.84. The average molecular weight is 678 g/mol. The molecule has 1 heterocycles. The molecule has 2 amide bonds. The normalized spacial score (nSPS) is 14.1. The summed E-state index contributed by atoms with van der Waals surface area (Å²) in [6, 6.07) is 21.3. The lowest BCUT2D eigenvalue weighted by Crippen LogP contribution is -2.58. The first-order valence-electron chi connectivity index (χ1n) is 16.1. The highest BCUT2D eigenvalue weighted by molar-refractivity contribution is 7.89. The summed E-state index contributed by atoms with van der Waals surface area (Å²) in [5.41, 5.74) is 2.16. The van der Waals surface area contributed by atoms with Crippen LogP contribution in [0.25, 0.3) is 11.0 Å². The van der Waals surface area contributed by atoms with Crippen LogP contribution in [0.5, 0.6) is 0 Å². The highest BCUT2D eigenvalue weighted by atomic mass is 32.2. The van der Waals surface area contributed by atoms with Gasteiger partial charge in [0.2, 0.25) is 15.9 Å². The molecule has 4 aromatic rings. The number of aliphatic hydroxyl groups is 1. The quantitative estimate of drug-likeness (QED) is 0.147. The monoisotopic (exact) mass is 677 g/mol. The second-order valence-electron chi connectivity index (χ2n) is 13.6. The maximum Gasteiger partial charge on any atom is 0.408 e. The average Bonchev–Trinajstić information content (AvgIpc) is 3.41. The molecule has 0 fully saturated rings. The maximum atomic E-state index is 14.0. The molecule has 0 bridgehead atoms. The number of amides is 2. The van der Waals surface area contributed by atoms with E-state index in [0.29, 0.717) is 16.9 Å². The van der Waals surface area contributed by atoms with Gasteiger partial charge in [-0.25, -0.2) is 18.2 Å². The Balaban J connectivity index is 1.57. The summed E-state index contributed by atoms with van der Waals surface area (Å²) in [5.74, 6) is 0.0853. The largest absolute Gasteiger partial charge is 0.445 e. The Kier molecular flexibility index (Phi) is 12.0. The lowest BCUT2D eigenvalue weighted by molar-refractivity contribution is -0.127. The number of ether oxygens (including phenoxy) is 1. The molecule has 48 heavy (non-hydrogen) atoms. The third kappa shape index (κ3) is 9.88. The van der Waals surface area contributed by atoms with E-state index in [-0.39, 0.29) is 36.9 Å². The van der Waals surface area contributed by atoms with Gasteiger partial charge in [-0.15, -0.1) is 0 Å². The van der Waals surface area contributed by atoms with Crippen molar-refractivity contribution < 1.29 is 27.9 Å². The fraction of sp³-hybridized carbons (Fsp3) is 0.417. The molecule has 3 atom stereocenters. The highest BCUT2D eigenvalue weighted by Gasteiger charge is 2.37. The van der Waals surface area contributed by atoms with Gasteiger partial charge in [-0.05, 0) is 54.0 Å². The van der Waals surface area contributed by atoms with Crippen LogP contribution in [0.3, 0.4) is 0 Å². The molecule has 12 heteroatoms. The summed E-state index contributed by atoms with van der Waals surface area (Å²) < 4.78 is 34.7. The van der Waals surface area contributed by atoms with Crippen LogP contribution in [0.2, 0.25) is 0 Å². The predicted octanol–water partition coefficient (Wildman–Crippen LogP) is 4.95. The second-order valence-corrected chi connectivity index (χ2v) is 15.5. The Morgan fingerprint density at radius 1 is 0.938 bits per heavy atom. The van der Waals surface area contributed by atoms with Crippen LogP contribution >= 0.6 is 0 Å². The number of imidazole rings is 1. The molecular weight excluding hydrogens is 630 g/mol. The van der Waals surface area contributed by atoms with Gasteiger partial charge in [0.1, 0.15) is 18.5 Å². The lowest BCUT2D eigenvalue weighted by atomic mass is 9.85. The molecule has 0 radical (unpaired) electrons. The standard InChI is InChI=1S/C36H47N5O6S/c1-24(2)21-41(48(45,46)28-17-18-29-30(20-28)38-25(3)37-29)22-32(42)31(19-26-13-9-7-10-14-26)39-34(43)33(36(4,5)6)40-35(44)47-23-27-15-11-8-12-16-27/h7-18,20,24,31-33,42H,19,21-23H2,1-6H3,(H,37,38)(H,39,43)(H,40,44). The molecule has 0 aliphatic rings. The van der Waals surface area contributed by atoms with Gasteiger partial charge in [0.25, 0.3) is 0 Å². The number of hydrogen-bond donors (Lipinski definition) is 4. The van der Waals surface area contributed by atoms with Crippen LogP contribution in [0, 0.1) is 18.3 Å². The fourth-order valence-electron chi connectivity index (χ4n) is 5.42. The molecule has 1 aromatic heterocycles. The first kappa shape index (κ1) is 36.6. The molecule has 0 saturated carbocycles. The number of aliphatic hydroxyl groups excluding tert-OH is 1. The van der Waals surface area contributed by atoms with Crippen LogP contribution < -0.4 is 10.6 Å². The number of aromatic amines is 1. The lowest BCUT2D eigenvalue weighted by Gasteiger charge is -2.34. The van der Waals surface area contributed by atoms with E-state index in [0.717, 1.165) is 11.1 Å². The summed E-state index contributed by atoms with van der Waals surface area (Å²) in [5, 5.41) is 17.3. The zero-order valence-corrected chi connectivity index (χ0v) is 29.3. The SMILES string of the molecule is Cc1nc2ccc(S(=O)(=O)N(CC(C)C)CC(O)C(Cc3ccccc3)NC(=O)C(NC(=O)OCc3ccccc3)C(C)(C)C)cc2[nH]1. The number of alkyl carbamates (subject to hydrolysis) is 1. The molecule has 0 spiro atoms. The minimum atomic E-state index is -4.05. The molecule has 3 unspecified atom stereocenters. The molecule has 3 aromatic carbocycles. The number of benzene rings is 3. The van der Waals surface area contributed by atoms with Crippen LogP contribution in [0.15, 0.2) is 83.8 Å². The van der Waals surface area contributed by atoms with E-state index in [1.807, 2.05) is 95.3 Å². The predicted molar refractivity (Wildman–Crippen MR) is 186 cm³/mol. The van der Waals surface area contributed by atoms with Gasteiger partial charge in [-0.2, -0.15) is 4.31 Å². The molecule has 0 saturated heterocycles. The Bertz CT molecular complexity index is 1770. The third-order valence-electron chi connectivity index (χ3n) is 7.86. The van der Waals surface area contributed by atoms with Gasteiger partial charge in [0.05, 0.1) is 28.1 Å². The van der Waals surface area contributed by atoms with Crippen molar-refractivity contribution >= 4 is 33.1 Å². The number of sulfonamides is 1. The number of nitrogens with one attached hydrogen (secondary N) is 3. The summed E-state index contributed by atoms with van der Waals surface area (Å²) in [4.78, 5) is 34.2. The van der Waals surface area contributed by atoms with Crippen LogP contribution in [0.1, 0.15) is 51.6 Å². The van der Waals surface area contributed by atoms with Gasteiger partial charge < -0.3 is 25.5 Å². The molecule has 0 aliphatic heterocycles. The summed E-state index contributed by atoms with van der Waals surface area (Å²) in [7, 11) is -4.05. The number of hydrogen-bond acceptors (Lipinski definition) is 7. The molecule has 0 aliphatic carbocycles. The van der Waals surface area contributed by atoms with Gasteiger partial charge in [-0.1, -0.05) is 95.3 Å². The molecule has 4 N–H and O–H groups in total. The highest BCUT2D eigenvalue weighted by Crippen LogP contribution is 2.24. The van der Waals surface area contributed by atoms with Gasteiger partial charge in [0, 0.05) is 13.1 Å². The van der Waals surface area contributed by atoms with Crippen molar-refractivity contribution in [2.45, 2.75) is 77.7 Å². The molecule has 258 valence electrons. The third-order valence-corrected chi connectivity index (χ3v) is 9.69. The molecular formula is C36H47N5O6S. The number of rotatable bonds is 14. The van der Waals surface area contributed by atoms with E-state index in [1.54, 1.807) is 19.1 Å². The van der Waals surface area contributed by atoms with E-state index in [9.17, 15) is 23.1 Å². The van der Waals surface area contributed by atoms with E-state index >= 15 is 0 Å². The van der Waals surface area contributed by atoms with E-state index in [4.69, 9.17) is 4.74 Å².